The fourth-order valence-corrected chi connectivity index (χ4v) is 2.76. The number of hydrogen-bond donors (Lipinski definition) is 5. The molecule has 0 bridgehead atoms. The average molecular weight is 420 g/mol. The van der Waals surface area contributed by atoms with E-state index in [1.807, 2.05) is 0 Å². The van der Waals surface area contributed by atoms with Crippen molar-refractivity contribution in [3.63, 3.8) is 0 Å². The molecule has 0 aliphatic rings. The lowest BCUT2D eigenvalue weighted by Gasteiger charge is -2.06. The van der Waals surface area contributed by atoms with Gasteiger partial charge < -0.3 is 19.8 Å². The van der Waals surface area contributed by atoms with Crippen LogP contribution in [0.5, 0.6) is 0 Å². The average Bonchev–Trinajstić information content (AvgIpc) is 2.54. The summed E-state index contributed by atoms with van der Waals surface area (Å²) in [6.07, 6.45) is 0. The van der Waals surface area contributed by atoms with Crippen molar-refractivity contribution in [2.75, 3.05) is 0 Å². The largest absolute Gasteiger partial charge is 0.631 e. The van der Waals surface area contributed by atoms with E-state index in [2.05, 4.69) is 0 Å². The molecule has 0 amide bonds. The molecule has 0 saturated carbocycles. The zero-order valence-corrected chi connectivity index (χ0v) is 15.3. The van der Waals surface area contributed by atoms with Gasteiger partial charge in [0, 0.05) is 0 Å². The normalized spacial score (nSPS) is 11.4. The van der Waals surface area contributed by atoms with E-state index in [1.165, 1.54) is 48.5 Å². The summed E-state index contributed by atoms with van der Waals surface area (Å²) in [5.41, 5.74) is 1.43. The molecule has 148 valence electrons. The lowest BCUT2D eigenvalue weighted by molar-refractivity contribution is 0.107. The summed E-state index contributed by atoms with van der Waals surface area (Å²) in [7, 11) is -10.6. The maximum absolute atomic E-state index is 10.9. The molecule has 0 aromatic heterocycles. The fourth-order valence-electron chi connectivity index (χ4n) is 1.80. The van der Waals surface area contributed by atoms with Crippen LogP contribution in [0.15, 0.2) is 58.3 Å². The van der Waals surface area contributed by atoms with Crippen LogP contribution in [0.25, 0.3) is 0 Å². The monoisotopic (exact) mass is 420 g/mol. The summed E-state index contributed by atoms with van der Waals surface area (Å²) < 4.78 is 66.8. The number of hydrogen-bond acceptors (Lipinski definition) is 8. The van der Waals surface area contributed by atoms with Crippen LogP contribution in [0, 0.1) is 0 Å². The van der Waals surface area contributed by atoms with Crippen molar-refractivity contribution in [1.82, 2.24) is 0 Å². The highest BCUT2D eigenvalue weighted by Gasteiger charge is 2.09. The standard InChI is InChI=1S/C14H14O7S2.BH3O3/c15-22(16,17)13-5-1-11(2-6-13)9-21-10-12-3-7-14(8-4-12)23(18,19)20;2-1(3)4/h1-8H,9-10H2,(H,15,16,17)(H,18,19,20);2-4H. The Balaban J connectivity index is 0.000000828. The van der Waals surface area contributed by atoms with Crippen molar-refractivity contribution in [3.8, 4) is 0 Å². The minimum absolute atomic E-state index is 0.193. The Morgan fingerprint density at radius 1 is 0.667 bits per heavy atom. The first-order chi connectivity index (χ1) is 12.4. The maximum atomic E-state index is 10.9. The molecular weight excluding hydrogens is 403 g/mol. The highest BCUT2D eigenvalue weighted by molar-refractivity contribution is 7.86. The van der Waals surface area contributed by atoms with Gasteiger partial charge in [0.1, 0.15) is 0 Å². The third-order valence-electron chi connectivity index (χ3n) is 2.98. The molecule has 2 aromatic rings. The van der Waals surface area contributed by atoms with Crippen LogP contribution in [0.2, 0.25) is 0 Å². The molecule has 0 fully saturated rings. The van der Waals surface area contributed by atoms with Gasteiger partial charge in [-0.25, -0.2) is 0 Å². The molecule has 0 saturated heterocycles. The third kappa shape index (κ3) is 9.08. The van der Waals surface area contributed by atoms with Crippen LogP contribution >= 0.6 is 0 Å². The van der Waals surface area contributed by atoms with Gasteiger partial charge in [-0.05, 0) is 35.4 Å². The molecule has 13 heteroatoms. The van der Waals surface area contributed by atoms with E-state index in [9.17, 15) is 16.8 Å². The molecule has 10 nitrogen and oxygen atoms in total. The van der Waals surface area contributed by atoms with E-state index in [0.29, 0.717) is 11.1 Å². The van der Waals surface area contributed by atoms with Crippen LogP contribution in [0.1, 0.15) is 11.1 Å². The quantitative estimate of drug-likeness (QED) is 0.312. The second kappa shape index (κ2) is 9.91. The first kappa shape index (κ1) is 23.2. The zero-order valence-electron chi connectivity index (χ0n) is 13.7. The Bertz CT molecular complexity index is 845. The van der Waals surface area contributed by atoms with Crippen LogP contribution in [0.4, 0.5) is 0 Å². The van der Waals surface area contributed by atoms with E-state index >= 15 is 0 Å². The number of benzene rings is 2. The van der Waals surface area contributed by atoms with Crippen molar-refractivity contribution in [2.45, 2.75) is 23.0 Å². The molecule has 0 atom stereocenters. The summed E-state index contributed by atoms with van der Waals surface area (Å²) in [6.45, 7) is 0.428. The van der Waals surface area contributed by atoms with Crippen LogP contribution < -0.4 is 0 Å². The number of ether oxygens (including phenoxy) is 1. The van der Waals surface area contributed by atoms with Crippen molar-refractivity contribution in [3.05, 3.63) is 59.7 Å². The molecule has 0 spiro atoms. The van der Waals surface area contributed by atoms with E-state index in [-0.39, 0.29) is 23.0 Å². The highest BCUT2D eigenvalue weighted by Crippen LogP contribution is 2.13. The maximum Gasteiger partial charge on any atom is 0.631 e. The Labute approximate surface area is 156 Å². The second-order valence-electron chi connectivity index (χ2n) is 5.08. The van der Waals surface area contributed by atoms with E-state index in [4.69, 9.17) is 28.9 Å². The lowest BCUT2D eigenvalue weighted by atomic mass is 10.2. The summed E-state index contributed by atoms with van der Waals surface area (Å²) in [4.78, 5) is -0.385. The first-order valence-corrected chi connectivity index (χ1v) is 10.0. The van der Waals surface area contributed by atoms with Crippen molar-refractivity contribution >= 4 is 27.6 Å². The van der Waals surface area contributed by atoms with Gasteiger partial charge in [0.2, 0.25) is 0 Å². The van der Waals surface area contributed by atoms with Crippen molar-refractivity contribution in [1.29, 1.82) is 0 Å². The van der Waals surface area contributed by atoms with E-state index in [1.54, 1.807) is 0 Å². The minimum Gasteiger partial charge on any atom is -0.402 e. The Morgan fingerprint density at radius 2 is 0.926 bits per heavy atom. The summed E-state index contributed by atoms with van der Waals surface area (Å²) in [5.74, 6) is 0. The predicted molar refractivity (Wildman–Crippen MR) is 93.4 cm³/mol. The van der Waals surface area contributed by atoms with Gasteiger partial charge in [-0.2, -0.15) is 16.8 Å². The molecule has 0 heterocycles. The smallest absolute Gasteiger partial charge is 0.402 e. The van der Waals surface area contributed by atoms with Crippen LogP contribution in [-0.2, 0) is 38.2 Å². The molecule has 2 aromatic carbocycles. The Hall–Kier alpha value is -1.84. The fraction of sp³-hybridized carbons (Fsp3) is 0.143. The Kier molecular flexibility index (Phi) is 8.52. The topological polar surface area (TPSA) is 179 Å². The van der Waals surface area contributed by atoms with Crippen LogP contribution in [0.3, 0.4) is 0 Å². The molecule has 0 radical (unpaired) electrons. The van der Waals surface area contributed by atoms with Crippen molar-refractivity contribution < 1.29 is 45.8 Å². The predicted octanol–water partition coefficient (Wildman–Crippen LogP) is -0.155. The molecule has 2 rings (SSSR count). The minimum atomic E-state index is -4.21. The van der Waals surface area contributed by atoms with Gasteiger partial charge >= 0.3 is 7.32 Å². The Morgan fingerprint density at radius 3 is 1.15 bits per heavy atom. The van der Waals surface area contributed by atoms with Gasteiger partial charge in [0.05, 0.1) is 23.0 Å². The van der Waals surface area contributed by atoms with E-state index in [0.717, 1.165) is 0 Å². The van der Waals surface area contributed by atoms with Crippen molar-refractivity contribution in [2.24, 2.45) is 0 Å². The van der Waals surface area contributed by atoms with E-state index < -0.39 is 27.6 Å². The molecule has 0 aliphatic heterocycles. The summed E-state index contributed by atoms with van der Waals surface area (Å²) >= 11 is 0. The summed E-state index contributed by atoms with van der Waals surface area (Å²) in [6, 6.07) is 11.2. The van der Waals surface area contributed by atoms with Gasteiger partial charge in [0.15, 0.2) is 0 Å². The summed E-state index contributed by atoms with van der Waals surface area (Å²) in [5, 5.41) is 21.5. The molecule has 0 aliphatic carbocycles. The SMILES string of the molecule is O=S(=O)(O)c1ccc(COCc2ccc(S(=O)(=O)O)cc2)cc1.OB(O)O. The molecule has 0 unspecified atom stereocenters. The first-order valence-electron chi connectivity index (χ1n) is 7.14. The zero-order chi connectivity index (χ0) is 20.7. The molecule has 27 heavy (non-hydrogen) atoms. The highest BCUT2D eigenvalue weighted by atomic mass is 32.2. The number of rotatable bonds is 6. The lowest BCUT2D eigenvalue weighted by Crippen LogP contribution is -2.07. The van der Waals surface area contributed by atoms with Gasteiger partial charge in [-0.15, -0.1) is 0 Å². The van der Waals surface area contributed by atoms with Gasteiger partial charge in [-0.1, -0.05) is 24.3 Å². The second-order valence-corrected chi connectivity index (χ2v) is 7.92. The van der Waals surface area contributed by atoms with Gasteiger partial charge in [-0.3, -0.25) is 9.11 Å². The third-order valence-corrected chi connectivity index (χ3v) is 4.72. The molecule has 5 N–H and O–H groups in total. The van der Waals surface area contributed by atoms with Crippen LogP contribution in [-0.4, -0.2) is 48.3 Å². The molecular formula is C14H17BO10S2. The van der Waals surface area contributed by atoms with Gasteiger partial charge in [0.25, 0.3) is 20.2 Å².